The highest BCUT2D eigenvalue weighted by molar-refractivity contribution is 9.10. The molecular weight excluding hydrogens is 1370 g/mol. The van der Waals surface area contributed by atoms with Crippen LogP contribution < -0.4 is 41.6 Å². The van der Waals surface area contributed by atoms with E-state index in [-0.39, 0.29) is 29.0 Å². The van der Waals surface area contributed by atoms with E-state index in [1.165, 1.54) is 0 Å². The van der Waals surface area contributed by atoms with E-state index in [4.69, 9.17) is 45.5 Å². The number of nitrogens with zero attached hydrogens (tertiary/aromatic N) is 13. The molecule has 8 heterocycles. The van der Waals surface area contributed by atoms with Crippen LogP contribution in [0.25, 0.3) is 99.9 Å². The number of ether oxygens (including phenoxy) is 4. The van der Waals surface area contributed by atoms with Crippen LogP contribution in [0.3, 0.4) is 0 Å². The number of halogens is 2. The summed E-state index contributed by atoms with van der Waals surface area (Å²) in [7, 11) is 6.15. The zero-order valence-corrected chi connectivity index (χ0v) is 57.7. The Balaban J connectivity index is 0.000000127. The predicted octanol–water partition coefficient (Wildman–Crippen LogP) is 14.1. The SMILES string of the molecule is COc1cc(-c2nnc(N)nc2-c2ccccc2)cc2cccnc12.COc1cc(-c2nnc(N)nc2-c2ccccc2)cc2cccnc12.COc1cc(B2OC(C)(C)C(C)(C)O2)cc2cccnc12.COc1cc(Br)cc2cccnc12.Nc1nnc(Br)c(-c2ccccc2)n1. The Morgan fingerprint density at radius 2 is 0.684 bits per heavy atom. The fraction of sp³-hybridized carbons (Fsp3) is 0.137. The lowest BCUT2D eigenvalue weighted by Gasteiger charge is -2.32. The minimum absolute atomic E-state index is 0.136. The van der Waals surface area contributed by atoms with Gasteiger partial charge < -0.3 is 45.5 Å². The molecule has 0 amide bonds. The zero-order chi connectivity index (χ0) is 68.9. The Kier molecular flexibility index (Phi) is 21.3. The van der Waals surface area contributed by atoms with Crippen LogP contribution in [-0.4, -0.2) is 112 Å². The first kappa shape index (κ1) is 68.2. The van der Waals surface area contributed by atoms with Crippen molar-refractivity contribution in [1.29, 1.82) is 0 Å². The van der Waals surface area contributed by atoms with Gasteiger partial charge in [0, 0.05) is 78.6 Å². The maximum atomic E-state index is 6.10. The number of nitrogens with two attached hydrogens (primary N) is 3. The number of methoxy groups -OCH3 is 4. The van der Waals surface area contributed by atoms with Crippen molar-refractivity contribution in [3.8, 4) is 79.3 Å². The smallest absolute Gasteiger partial charge is 0.494 e. The number of anilines is 3. The molecule has 0 bridgehead atoms. The van der Waals surface area contributed by atoms with Crippen molar-refractivity contribution in [3.63, 3.8) is 0 Å². The van der Waals surface area contributed by atoms with Crippen LogP contribution in [0.5, 0.6) is 23.0 Å². The fourth-order valence-electron chi connectivity index (χ4n) is 10.4. The van der Waals surface area contributed by atoms with Crippen molar-refractivity contribution in [2.45, 2.75) is 38.9 Å². The van der Waals surface area contributed by atoms with Crippen LogP contribution in [0, 0.1) is 0 Å². The van der Waals surface area contributed by atoms with E-state index >= 15 is 0 Å². The minimum atomic E-state index is -0.395. The van der Waals surface area contributed by atoms with Crippen molar-refractivity contribution in [1.82, 2.24) is 65.5 Å². The molecule has 0 atom stereocenters. The Morgan fingerprint density at radius 3 is 1.08 bits per heavy atom. The Hall–Kier alpha value is -11.2. The molecule has 98 heavy (non-hydrogen) atoms. The molecule has 15 rings (SSSR count). The highest BCUT2D eigenvalue weighted by Crippen LogP contribution is 2.39. The normalized spacial score (nSPS) is 12.6. The third kappa shape index (κ3) is 15.7. The summed E-state index contributed by atoms with van der Waals surface area (Å²) in [5.41, 5.74) is 28.4. The molecule has 1 fully saturated rings. The lowest BCUT2D eigenvalue weighted by atomic mass is 9.78. The molecule has 0 spiro atoms. The molecule has 0 unspecified atom stereocenters. The summed E-state index contributed by atoms with van der Waals surface area (Å²) in [6.45, 7) is 8.19. The van der Waals surface area contributed by atoms with Gasteiger partial charge in [-0.25, -0.2) is 15.0 Å². The van der Waals surface area contributed by atoms with Crippen LogP contribution in [0.1, 0.15) is 27.7 Å². The molecule has 25 heteroatoms. The van der Waals surface area contributed by atoms with E-state index in [1.807, 2.05) is 216 Å². The second-order valence-electron chi connectivity index (χ2n) is 22.7. The summed E-state index contributed by atoms with van der Waals surface area (Å²) in [5, 5.41) is 27.9. The number of nitrogen functional groups attached to an aromatic ring is 3. The summed E-state index contributed by atoms with van der Waals surface area (Å²) in [5.74, 6) is 3.32. The molecule has 0 aliphatic carbocycles. The molecule has 6 N–H and O–H groups in total. The Morgan fingerprint density at radius 1 is 0.347 bits per heavy atom. The molecule has 22 nitrogen and oxygen atoms in total. The second kappa shape index (κ2) is 30.7. The average Bonchev–Trinajstić information content (AvgIpc) is 1.35. The first-order chi connectivity index (χ1) is 47.4. The van der Waals surface area contributed by atoms with Crippen LogP contribution >= 0.6 is 31.9 Å². The first-order valence-electron chi connectivity index (χ1n) is 30.5. The fourth-order valence-corrected chi connectivity index (χ4v) is 11.3. The average molecular weight is 1430 g/mol. The molecule has 0 radical (unpaired) electrons. The van der Waals surface area contributed by atoms with Crippen molar-refractivity contribution < 1.29 is 28.3 Å². The summed E-state index contributed by atoms with van der Waals surface area (Å²) in [6.07, 6.45) is 7.01. The molecule has 14 aromatic rings. The number of aromatic nitrogens is 13. The van der Waals surface area contributed by atoms with Crippen LogP contribution in [0.2, 0.25) is 0 Å². The topological polar surface area (TPSA) is 301 Å². The Labute approximate surface area is 581 Å². The van der Waals surface area contributed by atoms with E-state index < -0.39 is 7.12 Å². The van der Waals surface area contributed by atoms with Crippen molar-refractivity contribution in [2.75, 3.05) is 45.6 Å². The van der Waals surface area contributed by atoms with E-state index in [1.54, 1.807) is 53.2 Å². The zero-order valence-electron chi connectivity index (χ0n) is 54.5. The highest BCUT2D eigenvalue weighted by atomic mass is 79.9. The molecule has 0 saturated carbocycles. The Bertz CT molecular complexity index is 4930. The number of pyridine rings is 4. The second-order valence-corrected chi connectivity index (χ2v) is 24.4. The summed E-state index contributed by atoms with van der Waals surface area (Å²) in [6, 6.07) is 60.5. The quantitative estimate of drug-likeness (QED) is 0.107. The van der Waals surface area contributed by atoms with Crippen molar-refractivity contribution in [2.24, 2.45) is 0 Å². The standard InChI is InChI=1S/2C19H15N5O.C16H20BNO3.C10H8BrNO.C9H7BrN4/c2*1-25-15-11-14(10-13-8-5-9-21-16(13)15)18-17(22-19(20)24-23-18)12-6-3-2-4-7-12;1-15(2)16(3,4)21-17(20-15)12-9-11-7-6-8-18-14(11)13(10-12)19-5;1-13-9-6-8(11)5-7-3-2-4-12-10(7)9;10-8-7(12-9(11)14-13-8)6-4-2-1-3-5-6/h2*2-11H,1H3,(H2,20,22,24);6-10H,1-5H3;2-6H,1H3;1-5H,(H2,11,12,14). The molecule has 1 aliphatic rings. The number of hydrogen-bond acceptors (Lipinski definition) is 22. The number of hydrogen-bond donors (Lipinski definition) is 3. The predicted molar refractivity (Wildman–Crippen MR) is 391 cm³/mol. The van der Waals surface area contributed by atoms with Crippen molar-refractivity contribution in [3.05, 3.63) is 222 Å². The van der Waals surface area contributed by atoms with Gasteiger partial charge in [0.25, 0.3) is 0 Å². The van der Waals surface area contributed by atoms with Crippen LogP contribution in [0.15, 0.2) is 222 Å². The number of benzene rings is 7. The molecule has 1 saturated heterocycles. The van der Waals surface area contributed by atoms with Gasteiger partial charge in [-0.2, -0.15) is 0 Å². The highest BCUT2D eigenvalue weighted by Gasteiger charge is 2.52. The van der Waals surface area contributed by atoms with Gasteiger partial charge in [0.2, 0.25) is 17.8 Å². The largest absolute Gasteiger partial charge is 0.494 e. The third-order valence-corrected chi connectivity index (χ3v) is 16.8. The third-order valence-electron chi connectivity index (χ3n) is 15.8. The lowest BCUT2D eigenvalue weighted by Crippen LogP contribution is -2.41. The van der Waals surface area contributed by atoms with Gasteiger partial charge in [-0.1, -0.05) is 137 Å². The van der Waals surface area contributed by atoms with Gasteiger partial charge in [0.05, 0.1) is 39.6 Å². The molecular formula is C73H65BBr2N16O6. The lowest BCUT2D eigenvalue weighted by molar-refractivity contribution is 0.00578. The van der Waals surface area contributed by atoms with Crippen molar-refractivity contribution >= 4 is 106 Å². The summed E-state index contributed by atoms with van der Waals surface area (Å²) < 4.78 is 35.5. The van der Waals surface area contributed by atoms with E-state index in [2.05, 4.69) is 97.3 Å². The summed E-state index contributed by atoms with van der Waals surface area (Å²) >= 11 is 6.69. The van der Waals surface area contributed by atoms with Gasteiger partial charge in [-0.05, 0) is 116 Å². The molecule has 490 valence electrons. The van der Waals surface area contributed by atoms with Gasteiger partial charge >= 0.3 is 7.12 Å². The van der Waals surface area contributed by atoms with E-state index in [9.17, 15) is 0 Å². The minimum Gasteiger partial charge on any atom is -0.494 e. The summed E-state index contributed by atoms with van der Waals surface area (Å²) in [4.78, 5) is 30.3. The maximum Gasteiger partial charge on any atom is 0.494 e. The van der Waals surface area contributed by atoms with E-state index in [0.717, 1.165) is 92.9 Å². The monoisotopic (exact) mass is 1430 g/mol. The van der Waals surface area contributed by atoms with Gasteiger partial charge in [-0.3, -0.25) is 19.9 Å². The molecule has 1 aliphatic heterocycles. The van der Waals surface area contributed by atoms with Crippen LogP contribution in [-0.2, 0) is 9.31 Å². The van der Waals surface area contributed by atoms with Gasteiger partial charge in [0.15, 0.2) is 4.60 Å². The van der Waals surface area contributed by atoms with E-state index in [0.29, 0.717) is 44.6 Å². The molecule has 7 aromatic heterocycles. The molecule has 7 aromatic carbocycles. The number of rotatable bonds is 10. The maximum absolute atomic E-state index is 6.10. The van der Waals surface area contributed by atoms with Gasteiger partial charge in [-0.15, -0.1) is 30.6 Å². The number of fused-ring (bicyclic) bond motifs is 4. The first-order valence-corrected chi connectivity index (χ1v) is 32.1. The van der Waals surface area contributed by atoms with Crippen LogP contribution in [0.4, 0.5) is 17.8 Å². The van der Waals surface area contributed by atoms with Gasteiger partial charge in [0.1, 0.15) is 73.5 Å².